The van der Waals surface area contributed by atoms with Crippen LogP contribution in [0.5, 0.6) is 0 Å². The van der Waals surface area contributed by atoms with Crippen LogP contribution in [0.4, 0.5) is 10.5 Å². The summed E-state index contributed by atoms with van der Waals surface area (Å²) in [6.45, 7) is 6.86. The van der Waals surface area contributed by atoms with Gasteiger partial charge in [0.2, 0.25) is 5.91 Å². The van der Waals surface area contributed by atoms with Crippen molar-refractivity contribution in [2.75, 3.05) is 11.9 Å². The Kier molecular flexibility index (Phi) is 7.18. The average molecular weight is 338 g/mol. The number of carbonyl (C=O) groups excluding carboxylic acids is 2. The van der Waals surface area contributed by atoms with Crippen LogP contribution in [-0.2, 0) is 9.53 Å². The quantitative estimate of drug-likeness (QED) is 0.634. The minimum absolute atomic E-state index is 0.174. The molecule has 0 aliphatic rings. The molecule has 24 heavy (non-hydrogen) atoms. The number of anilines is 1. The third kappa shape index (κ3) is 7.43. The highest BCUT2D eigenvalue weighted by Gasteiger charge is 2.20. The normalized spacial score (nSPS) is 13.8. The number of amides is 2. The van der Waals surface area contributed by atoms with E-state index >= 15 is 0 Å². The highest BCUT2D eigenvalue weighted by Crippen LogP contribution is 2.21. The number of hydrogen-bond donors (Lipinski definition) is 4. The van der Waals surface area contributed by atoms with Crippen LogP contribution in [0.25, 0.3) is 0 Å². The molecule has 1 aromatic rings. The first-order valence-corrected chi connectivity index (χ1v) is 7.79. The molecule has 0 spiro atoms. The average Bonchev–Trinajstić information content (AvgIpc) is 2.44. The molecule has 0 aromatic heterocycles. The molecule has 0 heterocycles. The molecule has 2 atom stereocenters. The van der Waals surface area contributed by atoms with Crippen LogP contribution < -0.4 is 10.6 Å². The number of nitrogens with one attached hydrogen (secondary N) is 2. The zero-order valence-corrected chi connectivity index (χ0v) is 14.5. The highest BCUT2D eigenvalue weighted by molar-refractivity contribution is 5.88. The third-order valence-electron chi connectivity index (χ3n) is 3.05. The van der Waals surface area contributed by atoms with Gasteiger partial charge in [-0.05, 0) is 44.9 Å². The summed E-state index contributed by atoms with van der Waals surface area (Å²) >= 11 is 0. The molecule has 2 amide bonds. The molecule has 0 radical (unpaired) electrons. The van der Waals surface area contributed by atoms with E-state index in [0.717, 1.165) is 0 Å². The van der Waals surface area contributed by atoms with Crippen molar-refractivity contribution in [2.45, 2.75) is 51.9 Å². The molecule has 2 unspecified atom stereocenters. The lowest BCUT2D eigenvalue weighted by Gasteiger charge is -2.21. The van der Waals surface area contributed by atoms with Gasteiger partial charge in [-0.25, -0.2) is 4.79 Å². The summed E-state index contributed by atoms with van der Waals surface area (Å²) < 4.78 is 5.08. The summed E-state index contributed by atoms with van der Waals surface area (Å²) in [6, 6.07) is 6.54. The van der Waals surface area contributed by atoms with Crippen LogP contribution in [0, 0.1) is 0 Å². The lowest BCUT2D eigenvalue weighted by atomic mass is 10.0. The SMILES string of the molecule is CC(=O)Nc1ccc(C(O)C(O)CCNC(=O)OC(C)(C)C)cc1. The minimum Gasteiger partial charge on any atom is -0.444 e. The topological polar surface area (TPSA) is 108 Å². The molecule has 0 saturated heterocycles. The first-order valence-electron chi connectivity index (χ1n) is 7.79. The maximum atomic E-state index is 11.5. The Balaban J connectivity index is 2.45. The molecule has 0 saturated carbocycles. The van der Waals surface area contributed by atoms with Gasteiger partial charge in [0.15, 0.2) is 0 Å². The summed E-state index contributed by atoms with van der Waals surface area (Å²) in [5, 5.41) is 25.3. The van der Waals surface area contributed by atoms with Gasteiger partial charge < -0.3 is 25.6 Å². The van der Waals surface area contributed by atoms with E-state index in [4.69, 9.17) is 4.74 Å². The summed E-state index contributed by atoms with van der Waals surface area (Å²) in [4.78, 5) is 22.4. The van der Waals surface area contributed by atoms with Crippen molar-refractivity contribution in [1.82, 2.24) is 5.32 Å². The predicted octanol–water partition coefficient (Wildman–Crippen LogP) is 1.95. The standard InChI is InChI=1S/C17H26N2O5/c1-11(20)19-13-7-5-12(6-8-13)15(22)14(21)9-10-18-16(23)24-17(2,3)4/h5-8,14-15,21-22H,9-10H2,1-4H3,(H,18,23)(H,19,20). The largest absolute Gasteiger partial charge is 0.444 e. The number of hydrogen-bond acceptors (Lipinski definition) is 5. The monoisotopic (exact) mass is 338 g/mol. The second-order valence-electron chi connectivity index (χ2n) is 6.53. The molecular formula is C17H26N2O5. The van der Waals surface area contributed by atoms with Crippen molar-refractivity contribution < 1.29 is 24.5 Å². The Labute approximate surface area is 142 Å². The van der Waals surface area contributed by atoms with Crippen LogP contribution >= 0.6 is 0 Å². The Hall–Kier alpha value is -2.12. The smallest absolute Gasteiger partial charge is 0.407 e. The number of carbonyl (C=O) groups is 2. The van der Waals surface area contributed by atoms with E-state index in [1.165, 1.54) is 6.92 Å². The van der Waals surface area contributed by atoms with Gasteiger partial charge in [-0.2, -0.15) is 0 Å². The molecule has 1 rings (SSSR count). The van der Waals surface area contributed by atoms with Crippen LogP contribution in [-0.4, -0.2) is 40.5 Å². The second-order valence-corrected chi connectivity index (χ2v) is 6.53. The van der Waals surface area contributed by atoms with E-state index in [1.54, 1.807) is 45.0 Å². The summed E-state index contributed by atoms with van der Waals surface area (Å²) in [5.41, 5.74) is 0.547. The first kappa shape index (κ1) is 19.9. The van der Waals surface area contributed by atoms with Crippen molar-refractivity contribution in [3.63, 3.8) is 0 Å². The number of rotatable bonds is 6. The number of alkyl carbamates (subject to hydrolysis) is 1. The minimum atomic E-state index is -1.09. The Morgan fingerprint density at radius 2 is 1.75 bits per heavy atom. The lowest BCUT2D eigenvalue weighted by Crippen LogP contribution is -2.34. The van der Waals surface area contributed by atoms with Gasteiger partial charge in [0, 0.05) is 19.2 Å². The van der Waals surface area contributed by atoms with Crippen molar-refractivity contribution in [3.8, 4) is 0 Å². The van der Waals surface area contributed by atoms with Crippen molar-refractivity contribution in [3.05, 3.63) is 29.8 Å². The third-order valence-corrected chi connectivity index (χ3v) is 3.05. The first-order chi connectivity index (χ1) is 11.1. The molecule has 1 aromatic carbocycles. The van der Waals surface area contributed by atoms with E-state index in [-0.39, 0.29) is 18.9 Å². The molecule has 0 aliphatic carbocycles. The van der Waals surface area contributed by atoms with Crippen molar-refractivity contribution in [1.29, 1.82) is 0 Å². The van der Waals surface area contributed by atoms with Gasteiger partial charge in [-0.3, -0.25) is 4.79 Å². The number of aliphatic hydroxyl groups excluding tert-OH is 2. The van der Waals surface area contributed by atoms with E-state index < -0.39 is 23.9 Å². The number of benzene rings is 1. The fourth-order valence-electron chi connectivity index (χ4n) is 1.98. The zero-order valence-electron chi connectivity index (χ0n) is 14.5. The van der Waals surface area contributed by atoms with E-state index in [0.29, 0.717) is 11.3 Å². The Bertz CT molecular complexity index is 551. The van der Waals surface area contributed by atoms with Gasteiger partial charge in [0.1, 0.15) is 11.7 Å². The molecule has 7 heteroatoms. The zero-order chi connectivity index (χ0) is 18.3. The van der Waals surface area contributed by atoms with Gasteiger partial charge in [0.25, 0.3) is 0 Å². The molecular weight excluding hydrogens is 312 g/mol. The van der Waals surface area contributed by atoms with Crippen LogP contribution in [0.2, 0.25) is 0 Å². The van der Waals surface area contributed by atoms with Crippen molar-refractivity contribution in [2.24, 2.45) is 0 Å². The Morgan fingerprint density at radius 3 is 2.25 bits per heavy atom. The highest BCUT2D eigenvalue weighted by atomic mass is 16.6. The summed E-state index contributed by atoms with van der Waals surface area (Å²) in [6.07, 6.45) is -2.51. The fraction of sp³-hybridized carbons (Fsp3) is 0.529. The molecule has 0 aliphatic heterocycles. The molecule has 7 nitrogen and oxygen atoms in total. The van der Waals surface area contributed by atoms with E-state index in [1.807, 2.05) is 0 Å². The number of aliphatic hydroxyl groups is 2. The van der Waals surface area contributed by atoms with E-state index in [9.17, 15) is 19.8 Å². The van der Waals surface area contributed by atoms with Crippen molar-refractivity contribution >= 4 is 17.7 Å². The van der Waals surface area contributed by atoms with E-state index in [2.05, 4.69) is 10.6 Å². The number of ether oxygens (including phenoxy) is 1. The second kappa shape index (κ2) is 8.65. The molecule has 134 valence electrons. The maximum absolute atomic E-state index is 11.5. The fourth-order valence-corrected chi connectivity index (χ4v) is 1.98. The summed E-state index contributed by atoms with van der Waals surface area (Å²) in [5.74, 6) is -0.184. The summed E-state index contributed by atoms with van der Waals surface area (Å²) in [7, 11) is 0. The Morgan fingerprint density at radius 1 is 1.17 bits per heavy atom. The molecule has 0 bridgehead atoms. The lowest BCUT2D eigenvalue weighted by molar-refractivity contribution is -0.114. The maximum Gasteiger partial charge on any atom is 0.407 e. The van der Waals surface area contributed by atoms with Gasteiger partial charge >= 0.3 is 6.09 Å². The molecule has 4 N–H and O–H groups in total. The van der Waals surface area contributed by atoms with Crippen LogP contribution in [0.1, 0.15) is 45.8 Å². The van der Waals surface area contributed by atoms with Gasteiger partial charge in [-0.15, -0.1) is 0 Å². The van der Waals surface area contributed by atoms with Gasteiger partial charge in [-0.1, -0.05) is 12.1 Å². The van der Waals surface area contributed by atoms with Gasteiger partial charge in [0.05, 0.1) is 6.10 Å². The predicted molar refractivity (Wildman–Crippen MR) is 90.6 cm³/mol. The van der Waals surface area contributed by atoms with Crippen LogP contribution in [0.3, 0.4) is 0 Å². The molecule has 0 fully saturated rings. The van der Waals surface area contributed by atoms with Crippen LogP contribution in [0.15, 0.2) is 24.3 Å².